The van der Waals surface area contributed by atoms with Gasteiger partial charge in [0, 0.05) is 24.3 Å². The molecule has 20 heteroatoms. The molecule has 2 heterocycles. The van der Waals surface area contributed by atoms with Crippen LogP contribution in [0.3, 0.4) is 0 Å². The molecule has 0 fully saturated rings. The molecule has 1 amide bonds. The van der Waals surface area contributed by atoms with Crippen molar-refractivity contribution in [1.29, 1.82) is 0 Å². The predicted octanol–water partition coefficient (Wildman–Crippen LogP) is 4.51. The normalized spacial score (nSPS) is 11.2. The van der Waals surface area contributed by atoms with E-state index in [1.807, 2.05) is 52.0 Å². The molecule has 3 aromatic rings. The third-order valence-electron chi connectivity index (χ3n) is 5.52. The zero-order valence-electron chi connectivity index (χ0n) is 26.2. The number of anilines is 1. The molecule has 0 unspecified atom stereocenters. The fourth-order valence-corrected chi connectivity index (χ4v) is 3.49. The monoisotopic (exact) mass is 696 g/mol. The van der Waals surface area contributed by atoms with Crippen LogP contribution in [-0.2, 0) is 33.7 Å². The molecule has 0 aliphatic rings. The molecule has 0 saturated carbocycles. The second kappa shape index (κ2) is 17.6. The minimum Gasteiger partial charge on any atom is -0.497 e. The van der Waals surface area contributed by atoms with Gasteiger partial charge in [-0.25, -0.2) is 19.4 Å². The van der Waals surface area contributed by atoms with E-state index in [9.17, 15) is 35.9 Å². The van der Waals surface area contributed by atoms with Crippen molar-refractivity contribution in [1.82, 2.24) is 25.5 Å². The Morgan fingerprint density at radius 2 is 1.48 bits per heavy atom. The predicted molar refractivity (Wildman–Crippen MR) is 155 cm³/mol. The van der Waals surface area contributed by atoms with E-state index in [1.165, 1.54) is 6.33 Å². The first kappa shape index (κ1) is 40.7. The zero-order valence-corrected chi connectivity index (χ0v) is 26.2. The number of aromatic nitrogens is 4. The summed E-state index contributed by atoms with van der Waals surface area (Å²) < 4.78 is 74.2. The number of H-pyrrole nitrogens is 2. The maximum absolute atomic E-state index is 13.2. The highest BCUT2D eigenvalue weighted by atomic mass is 19.4. The Labute approximate surface area is 269 Å². The van der Waals surface area contributed by atoms with E-state index >= 15 is 0 Å². The summed E-state index contributed by atoms with van der Waals surface area (Å²) in [6.07, 6.45) is -7.75. The van der Waals surface area contributed by atoms with E-state index in [0.29, 0.717) is 54.3 Å². The van der Waals surface area contributed by atoms with Gasteiger partial charge < -0.3 is 35.3 Å². The lowest BCUT2D eigenvalue weighted by Crippen LogP contribution is -2.28. The molecule has 1 aromatic carbocycles. The molecule has 266 valence electrons. The van der Waals surface area contributed by atoms with Crippen LogP contribution >= 0.6 is 0 Å². The van der Waals surface area contributed by atoms with E-state index in [4.69, 9.17) is 29.3 Å². The number of carboxylic acids is 2. The largest absolute Gasteiger partial charge is 0.497 e. The number of aromatic amines is 2. The molecule has 0 radical (unpaired) electrons. The number of alkyl halides is 6. The molecule has 0 aliphatic carbocycles. The van der Waals surface area contributed by atoms with Crippen molar-refractivity contribution in [3.8, 4) is 5.75 Å². The number of hydrogen-bond donors (Lipinski definition) is 6. The lowest BCUT2D eigenvalue weighted by Gasteiger charge is -2.19. The number of methoxy groups -OCH3 is 1. The van der Waals surface area contributed by atoms with Crippen LogP contribution in [0.5, 0.6) is 5.75 Å². The van der Waals surface area contributed by atoms with Crippen LogP contribution in [0.1, 0.15) is 65.6 Å². The van der Waals surface area contributed by atoms with Gasteiger partial charge >= 0.3 is 30.3 Å². The molecule has 48 heavy (non-hydrogen) atoms. The van der Waals surface area contributed by atoms with Gasteiger partial charge in [0.15, 0.2) is 0 Å². The number of nitrogens with one attached hydrogen (secondary N) is 4. The molecule has 14 nitrogen and oxygen atoms in total. The van der Waals surface area contributed by atoms with Crippen molar-refractivity contribution in [2.75, 3.05) is 19.0 Å². The van der Waals surface area contributed by atoms with Crippen LogP contribution in [0, 0.1) is 0 Å². The molecule has 0 aliphatic heterocycles. The maximum atomic E-state index is 13.2. The van der Waals surface area contributed by atoms with Crippen molar-refractivity contribution in [2.24, 2.45) is 0 Å². The molecular formula is C28H34F6N6O8. The van der Waals surface area contributed by atoms with Crippen molar-refractivity contribution < 1.29 is 65.2 Å². The van der Waals surface area contributed by atoms with Crippen LogP contribution in [0.25, 0.3) is 0 Å². The summed E-state index contributed by atoms with van der Waals surface area (Å²) in [5.74, 6) is -4.84. The van der Waals surface area contributed by atoms with Crippen LogP contribution in [0.15, 0.2) is 30.6 Å². The highest BCUT2D eigenvalue weighted by molar-refractivity contribution is 6.01. The number of carbonyl (C=O) groups excluding carboxylic acids is 2. The fraction of sp³-hybridized carbons (Fsp3) is 0.429. The first-order valence-corrected chi connectivity index (χ1v) is 13.7. The standard InChI is InChI=1S/C24H32N6O4.2C2HF3O2/c1-6-17-20(22(31)25-12-11-19-27-14-28-30-19)18(29-21(17)23(32)34-24(2,3)4)13-26-15-7-9-16(33-5)10-8-15;2*3-2(4,5)1(6)7/h7-10,14,26,29H,6,11-13H2,1-5H3,(H,25,31)(H,27,28,30);2*(H,6,7). The molecule has 0 saturated heterocycles. The molecule has 6 N–H and O–H groups in total. The third-order valence-corrected chi connectivity index (χ3v) is 5.52. The number of esters is 1. The summed E-state index contributed by atoms with van der Waals surface area (Å²) in [5, 5.41) is 27.1. The Bertz CT molecular complexity index is 1470. The minimum atomic E-state index is -5.08. The molecule has 2 aromatic heterocycles. The first-order valence-electron chi connectivity index (χ1n) is 13.7. The number of aliphatic carboxylic acids is 2. The summed E-state index contributed by atoms with van der Waals surface area (Å²) in [6, 6.07) is 7.46. The zero-order chi connectivity index (χ0) is 36.9. The number of benzene rings is 1. The van der Waals surface area contributed by atoms with E-state index < -0.39 is 35.9 Å². The summed E-state index contributed by atoms with van der Waals surface area (Å²) in [6.45, 7) is 8.01. The first-order chi connectivity index (χ1) is 22.1. The highest BCUT2D eigenvalue weighted by Crippen LogP contribution is 2.25. The summed E-state index contributed by atoms with van der Waals surface area (Å²) in [5.41, 5.74) is 2.16. The average molecular weight is 697 g/mol. The smallest absolute Gasteiger partial charge is 0.490 e. The number of amides is 1. The van der Waals surface area contributed by atoms with E-state index in [-0.39, 0.29) is 5.91 Å². The Hall–Kier alpha value is -5.30. The third kappa shape index (κ3) is 14.0. The second-order valence-corrected chi connectivity index (χ2v) is 10.3. The molecule has 0 bridgehead atoms. The van der Waals surface area contributed by atoms with Gasteiger partial charge in [-0.2, -0.15) is 31.4 Å². The van der Waals surface area contributed by atoms with Gasteiger partial charge in [-0.3, -0.25) is 9.89 Å². The average Bonchev–Trinajstić information content (AvgIpc) is 3.63. The topological polar surface area (TPSA) is 209 Å². The number of halogens is 6. The van der Waals surface area contributed by atoms with Gasteiger partial charge in [-0.05, 0) is 57.0 Å². The van der Waals surface area contributed by atoms with Gasteiger partial charge in [0.25, 0.3) is 5.91 Å². The highest BCUT2D eigenvalue weighted by Gasteiger charge is 2.39. The van der Waals surface area contributed by atoms with Crippen LogP contribution in [0.4, 0.5) is 32.0 Å². The minimum absolute atomic E-state index is 0.269. The van der Waals surface area contributed by atoms with Gasteiger partial charge in [-0.15, -0.1) is 0 Å². The molecule has 3 rings (SSSR count). The quantitative estimate of drug-likeness (QED) is 0.128. The number of carboxylic acid groups (broad SMARTS) is 2. The van der Waals surface area contributed by atoms with E-state index in [1.54, 1.807) is 7.11 Å². The molecular weight excluding hydrogens is 662 g/mol. The van der Waals surface area contributed by atoms with Gasteiger partial charge in [0.05, 0.1) is 19.2 Å². The lowest BCUT2D eigenvalue weighted by atomic mass is 10.0. The van der Waals surface area contributed by atoms with Crippen LogP contribution in [0.2, 0.25) is 0 Å². The summed E-state index contributed by atoms with van der Waals surface area (Å²) in [4.78, 5) is 51.1. The summed E-state index contributed by atoms with van der Waals surface area (Å²) >= 11 is 0. The Morgan fingerprint density at radius 3 is 1.90 bits per heavy atom. The second-order valence-electron chi connectivity index (χ2n) is 10.3. The molecule has 0 spiro atoms. The van der Waals surface area contributed by atoms with Crippen molar-refractivity contribution in [3.05, 3.63) is 58.9 Å². The van der Waals surface area contributed by atoms with Crippen LogP contribution < -0.4 is 15.4 Å². The Morgan fingerprint density at radius 1 is 0.938 bits per heavy atom. The Kier molecular flexibility index (Phi) is 14.9. The fourth-order valence-electron chi connectivity index (χ4n) is 3.49. The summed E-state index contributed by atoms with van der Waals surface area (Å²) in [7, 11) is 1.61. The van der Waals surface area contributed by atoms with E-state index in [0.717, 1.165) is 11.4 Å². The number of ether oxygens (including phenoxy) is 2. The number of carbonyl (C=O) groups is 4. The number of hydrogen-bond acceptors (Lipinski definition) is 9. The lowest BCUT2D eigenvalue weighted by molar-refractivity contribution is -0.193. The SMILES string of the molecule is CCc1c(C(=O)OC(C)(C)C)[nH]c(CNc2ccc(OC)cc2)c1C(=O)NCCc1ncn[nH]1.O=C(O)C(F)(F)F.O=C(O)C(F)(F)F. The van der Waals surface area contributed by atoms with Gasteiger partial charge in [0.1, 0.15) is 29.2 Å². The van der Waals surface area contributed by atoms with Gasteiger partial charge in [0.2, 0.25) is 0 Å². The molecule has 0 atom stereocenters. The van der Waals surface area contributed by atoms with Crippen LogP contribution in [-0.4, -0.2) is 85.8 Å². The Balaban J connectivity index is 0.000000687. The van der Waals surface area contributed by atoms with Crippen molar-refractivity contribution >= 4 is 29.5 Å². The number of nitrogens with zero attached hydrogens (tertiary/aromatic N) is 2. The van der Waals surface area contributed by atoms with E-state index in [2.05, 4.69) is 30.8 Å². The maximum Gasteiger partial charge on any atom is 0.490 e. The van der Waals surface area contributed by atoms with Crippen molar-refractivity contribution in [2.45, 2.75) is 65.0 Å². The number of rotatable bonds is 10. The van der Waals surface area contributed by atoms with Gasteiger partial charge in [-0.1, -0.05) is 6.92 Å². The van der Waals surface area contributed by atoms with Crippen molar-refractivity contribution in [3.63, 3.8) is 0 Å².